The average Bonchev–Trinajstić information content (AvgIpc) is 2.88. The van der Waals surface area contributed by atoms with E-state index < -0.39 is 12.1 Å². The molecule has 0 fully saturated rings. The molecule has 38 heavy (non-hydrogen) atoms. The van der Waals surface area contributed by atoms with Crippen LogP contribution in [0.1, 0.15) is 91.1 Å². The van der Waals surface area contributed by atoms with Crippen LogP contribution in [0.4, 0.5) is 0 Å². The second-order valence-corrected chi connectivity index (χ2v) is 9.45. The molecule has 8 nitrogen and oxygen atoms in total. The van der Waals surface area contributed by atoms with Gasteiger partial charge in [-0.25, -0.2) is 0 Å². The van der Waals surface area contributed by atoms with Crippen molar-refractivity contribution in [2.75, 3.05) is 20.3 Å². The van der Waals surface area contributed by atoms with Crippen molar-refractivity contribution in [2.45, 2.75) is 78.2 Å². The second kappa shape index (κ2) is 13.8. The number of benzene rings is 2. The fourth-order valence-corrected chi connectivity index (χ4v) is 4.72. The third-order valence-electron chi connectivity index (χ3n) is 6.50. The third-order valence-corrected chi connectivity index (χ3v) is 6.50. The molecule has 0 aliphatic carbocycles. The monoisotopic (exact) mass is 526 g/mol. The Hall–Kier alpha value is -3.55. The third kappa shape index (κ3) is 7.05. The van der Waals surface area contributed by atoms with Gasteiger partial charge in [0.05, 0.1) is 31.5 Å². The predicted octanol–water partition coefficient (Wildman–Crippen LogP) is 5.85. The predicted molar refractivity (Wildman–Crippen MR) is 143 cm³/mol. The number of ketones is 2. The van der Waals surface area contributed by atoms with Crippen molar-refractivity contribution in [3.63, 3.8) is 0 Å². The first kappa shape index (κ1) is 29.0. The number of ether oxygens (including phenoxy) is 4. The van der Waals surface area contributed by atoms with Crippen molar-refractivity contribution in [3.05, 3.63) is 46.5 Å². The first-order chi connectivity index (χ1) is 18.3. The summed E-state index contributed by atoms with van der Waals surface area (Å²) < 4.78 is 23.8. The highest BCUT2D eigenvalue weighted by Crippen LogP contribution is 2.39. The summed E-state index contributed by atoms with van der Waals surface area (Å²) >= 11 is 0. The summed E-state index contributed by atoms with van der Waals surface area (Å²) in [4.78, 5) is 35.7. The summed E-state index contributed by atoms with van der Waals surface area (Å²) in [5, 5.41) is 9.01. The molecule has 2 aromatic rings. The van der Waals surface area contributed by atoms with Crippen LogP contribution in [0.5, 0.6) is 23.0 Å². The maximum Gasteiger partial charge on any atom is 0.303 e. The lowest BCUT2D eigenvalue weighted by molar-refractivity contribution is -0.137. The molecule has 1 N–H and O–H groups in total. The first-order valence-corrected chi connectivity index (χ1v) is 13.3. The molecule has 0 aromatic heterocycles. The lowest BCUT2D eigenvalue weighted by atomic mass is 9.94. The number of carboxylic acid groups (broad SMARTS) is 1. The zero-order valence-electron chi connectivity index (χ0n) is 22.8. The molecule has 8 heteroatoms. The van der Waals surface area contributed by atoms with E-state index in [2.05, 4.69) is 6.92 Å². The van der Waals surface area contributed by atoms with Gasteiger partial charge >= 0.3 is 5.97 Å². The summed E-state index contributed by atoms with van der Waals surface area (Å²) in [5.74, 6) is 1.47. The van der Waals surface area contributed by atoms with Crippen molar-refractivity contribution in [3.8, 4) is 23.0 Å². The van der Waals surface area contributed by atoms with Crippen molar-refractivity contribution in [2.24, 2.45) is 0 Å². The van der Waals surface area contributed by atoms with Crippen molar-refractivity contribution in [1.82, 2.24) is 0 Å². The van der Waals surface area contributed by atoms with E-state index in [1.54, 1.807) is 19.2 Å². The van der Waals surface area contributed by atoms with E-state index in [4.69, 9.17) is 24.1 Å². The Labute approximate surface area is 224 Å². The Morgan fingerprint density at radius 2 is 1.63 bits per heavy atom. The molecular weight excluding hydrogens is 488 g/mol. The molecule has 0 amide bonds. The van der Waals surface area contributed by atoms with Gasteiger partial charge in [0, 0.05) is 30.4 Å². The van der Waals surface area contributed by atoms with Gasteiger partial charge in [-0.1, -0.05) is 26.7 Å². The van der Waals surface area contributed by atoms with E-state index in [1.165, 1.54) is 6.92 Å². The maximum absolute atomic E-state index is 12.7. The van der Waals surface area contributed by atoms with Crippen LogP contribution in [0.15, 0.2) is 24.3 Å². The Balaban J connectivity index is 1.67. The van der Waals surface area contributed by atoms with Gasteiger partial charge in [0.1, 0.15) is 29.1 Å². The Kier molecular flexibility index (Phi) is 10.6. The first-order valence-electron chi connectivity index (χ1n) is 13.3. The molecule has 0 saturated heterocycles. The molecule has 0 bridgehead atoms. The standard InChI is InChI=1S/C30H38O8/c1-5-8-23-26(13-11-21(19(3)31)29(23)35-4)36-16-7-17-37-27-14-12-22-25(32)18-20(10-15-28(33)34)38-30(22)24(27)9-6-2/h11-14,20H,5-10,15-18H2,1-4H3,(H,33,34). The van der Waals surface area contributed by atoms with Crippen LogP contribution in [0.3, 0.4) is 0 Å². The Morgan fingerprint density at radius 1 is 1.00 bits per heavy atom. The number of hydrogen-bond donors (Lipinski definition) is 1. The number of fused-ring (bicyclic) bond motifs is 1. The number of carbonyl (C=O) groups excluding carboxylic acids is 2. The highest BCUT2D eigenvalue weighted by atomic mass is 16.5. The number of Topliss-reactive ketones (excluding diaryl/α,β-unsaturated/α-hetero) is 2. The minimum atomic E-state index is -0.907. The summed E-state index contributed by atoms with van der Waals surface area (Å²) in [6, 6.07) is 7.11. The minimum Gasteiger partial charge on any atom is -0.496 e. The van der Waals surface area contributed by atoms with Gasteiger partial charge in [-0.3, -0.25) is 14.4 Å². The number of carboxylic acids is 1. The molecular formula is C30H38O8. The number of methoxy groups -OCH3 is 1. The van der Waals surface area contributed by atoms with Crippen LogP contribution in [-0.2, 0) is 17.6 Å². The smallest absolute Gasteiger partial charge is 0.303 e. The molecule has 0 saturated carbocycles. The second-order valence-electron chi connectivity index (χ2n) is 9.45. The molecule has 1 heterocycles. The van der Waals surface area contributed by atoms with Gasteiger partial charge in [-0.2, -0.15) is 0 Å². The fourth-order valence-electron chi connectivity index (χ4n) is 4.72. The number of carbonyl (C=O) groups is 3. The topological polar surface area (TPSA) is 108 Å². The summed E-state index contributed by atoms with van der Waals surface area (Å²) in [6.07, 6.45) is 3.72. The average molecular weight is 527 g/mol. The normalized spacial score (nSPS) is 14.4. The molecule has 1 atom stereocenters. The maximum atomic E-state index is 12.7. The van der Waals surface area contributed by atoms with Crippen molar-refractivity contribution < 1.29 is 38.4 Å². The number of aliphatic carboxylic acids is 1. The molecule has 0 spiro atoms. The van der Waals surface area contributed by atoms with Crippen molar-refractivity contribution >= 4 is 17.5 Å². The van der Waals surface area contributed by atoms with Crippen molar-refractivity contribution in [1.29, 1.82) is 0 Å². The molecule has 0 radical (unpaired) electrons. The lowest BCUT2D eigenvalue weighted by Gasteiger charge is -2.28. The molecule has 1 unspecified atom stereocenters. The zero-order chi connectivity index (χ0) is 27.7. The number of rotatable bonds is 15. The SMILES string of the molecule is CCCc1c(OCCCOc2ccc3c(c2CCC)OC(CCC(=O)O)CC3=O)ccc(C(C)=O)c1OC. The van der Waals surface area contributed by atoms with E-state index in [0.717, 1.165) is 30.4 Å². The van der Waals surface area contributed by atoms with Gasteiger partial charge in [-0.15, -0.1) is 0 Å². The van der Waals surface area contributed by atoms with Crippen LogP contribution >= 0.6 is 0 Å². The molecule has 3 rings (SSSR count). The van der Waals surface area contributed by atoms with Crippen LogP contribution in [0, 0.1) is 0 Å². The van der Waals surface area contributed by atoms with E-state index in [-0.39, 0.29) is 30.8 Å². The highest BCUT2D eigenvalue weighted by molar-refractivity contribution is 6.00. The van der Waals surface area contributed by atoms with Crippen LogP contribution in [0.2, 0.25) is 0 Å². The van der Waals surface area contributed by atoms with Crippen LogP contribution in [0.25, 0.3) is 0 Å². The number of hydrogen-bond acceptors (Lipinski definition) is 7. The molecule has 1 aliphatic heterocycles. The zero-order valence-corrected chi connectivity index (χ0v) is 22.8. The quantitative estimate of drug-likeness (QED) is 0.227. The fraction of sp³-hybridized carbons (Fsp3) is 0.500. The van der Waals surface area contributed by atoms with Gasteiger partial charge < -0.3 is 24.1 Å². The van der Waals surface area contributed by atoms with E-state index in [9.17, 15) is 14.4 Å². The van der Waals surface area contributed by atoms with Gasteiger partial charge in [0.15, 0.2) is 11.6 Å². The minimum absolute atomic E-state index is 0.0342. The molecule has 2 aromatic carbocycles. The summed E-state index contributed by atoms with van der Waals surface area (Å²) in [5.41, 5.74) is 2.81. The Morgan fingerprint density at radius 3 is 2.24 bits per heavy atom. The highest BCUT2D eigenvalue weighted by Gasteiger charge is 2.30. The van der Waals surface area contributed by atoms with E-state index in [1.807, 2.05) is 19.1 Å². The largest absolute Gasteiger partial charge is 0.496 e. The Bertz CT molecular complexity index is 1150. The van der Waals surface area contributed by atoms with Crippen LogP contribution < -0.4 is 18.9 Å². The summed E-state index contributed by atoms with van der Waals surface area (Å²) in [6.45, 7) is 6.45. The van der Waals surface area contributed by atoms with E-state index >= 15 is 0 Å². The van der Waals surface area contributed by atoms with Crippen LogP contribution in [-0.4, -0.2) is 49.1 Å². The molecule has 206 valence electrons. The lowest BCUT2D eigenvalue weighted by Crippen LogP contribution is -2.28. The summed E-state index contributed by atoms with van der Waals surface area (Å²) in [7, 11) is 1.57. The van der Waals surface area contributed by atoms with Gasteiger partial charge in [0.25, 0.3) is 0 Å². The van der Waals surface area contributed by atoms with E-state index in [0.29, 0.717) is 60.2 Å². The van der Waals surface area contributed by atoms with Gasteiger partial charge in [0.2, 0.25) is 0 Å². The van der Waals surface area contributed by atoms with Gasteiger partial charge in [-0.05, 0) is 50.5 Å². The molecule has 1 aliphatic rings.